The van der Waals surface area contributed by atoms with E-state index in [1.807, 2.05) is 17.9 Å². The molecular weight excluding hydrogens is 242 g/mol. The smallest absolute Gasteiger partial charge is 0.226 e. The first kappa shape index (κ1) is 14.2. The van der Waals surface area contributed by atoms with E-state index in [-0.39, 0.29) is 25.3 Å². The Morgan fingerprint density at radius 1 is 1.21 bits per heavy atom. The maximum Gasteiger partial charge on any atom is 0.226 e. The highest BCUT2D eigenvalue weighted by atomic mass is 16.3. The number of anilines is 1. The van der Waals surface area contributed by atoms with E-state index >= 15 is 0 Å². The largest absolute Gasteiger partial charge is 0.394 e. The zero-order valence-corrected chi connectivity index (χ0v) is 11.9. The summed E-state index contributed by atoms with van der Waals surface area (Å²) in [5.74, 6) is 0.975. The van der Waals surface area contributed by atoms with Crippen LogP contribution in [0.1, 0.15) is 44.0 Å². The molecule has 2 rings (SSSR count). The summed E-state index contributed by atoms with van der Waals surface area (Å²) in [6, 6.07) is 2.02. The molecule has 2 heterocycles. The molecule has 2 unspecified atom stereocenters. The quantitative estimate of drug-likeness (QED) is 0.857. The highest BCUT2D eigenvalue weighted by molar-refractivity contribution is 5.38. The Labute approximate surface area is 114 Å². The lowest BCUT2D eigenvalue weighted by molar-refractivity contribution is 0.246. The molecule has 0 amide bonds. The fraction of sp³-hybridized carbons (Fsp3) is 0.714. The lowest BCUT2D eigenvalue weighted by Gasteiger charge is -2.29. The number of aliphatic hydroxyl groups is 2. The van der Waals surface area contributed by atoms with Crippen LogP contribution < -0.4 is 4.90 Å². The van der Waals surface area contributed by atoms with Crippen LogP contribution in [0.25, 0.3) is 0 Å². The van der Waals surface area contributed by atoms with E-state index in [0.717, 1.165) is 24.2 Å². The summed E-state index contributed by atoms with van der Waals surface area (Å²) in [6.07, 6.45) is 1.74. The second-order valence-electron chi connectivity index (χ2n) is 5.55. The van der Waals surface area contributed by atoms with Crippen LogP contribution in [-0.2, 0) is 0 Å². The Morgan fingerprint density at radius 3 is 2.26 bits per heavy atom. The number of hydrogen-bond donors (Lipinski definition) is 2. The molecule has 0 aliphatic carbocycles. The molecule has 1 saturated heterocycles. The van der Waals surface area contributed by atoms with Gasteiger partial charge in [0, 0.05) is 11.4 Å². The Hall–Kier alpha value is -1.20. The Bertz CT molecular complexity index is 425. The first-order chi connectivity index (χ1) is 9.06. The summed E-state index contributed by atoms with van der Waals surface area (Å²) < 4.78 is 0. The predicted molar refractivity (Wildman–Crippen MR) is 74.3 cm³/mol. The van der Waals surface area contributed by atoms with E-state index in [1.54, 1.807) is 0 Å². The van der Waals surface area contributed by atoms with Gasteiger partial charge in [-0.2, -0.15) is 0 Å². The zero-order valence-electron chi connectivity index (χ0n) is 11.9. The molecule has 2 atom stereocenters. The van der Waals surface area contributed by atoms with Gasteiger partial charge in [-0.05, 0) is 31.7 Å². The number of rotatable bonds is 4. The van der Waals surface area contributed by atoms with Crippen molar-refractivity contribution in [3.8, 4) is 0 Å². The van der Waals surface area contributed by atoms with E-state index in [4.69, 9.17) is 0 Å². The number of aryl methyl sites for hydroxylation is 1. The number of aromatic nitrogens is 2. The van der Waals surface area contributed by atoms with Crippen molar-refractivity contribution in [2.45, 2.75) is 51.6 Å². The Kier molecular flexibility index (Phi) is 4.37. The van der Waals surface area contributed by atoms with Crippen LogP contribution in [0.4, 0.5) is 5.95 Å². The maximum absolute atomic E-state index is 9.48. The summed E-state index contributed by atoms with van der Waals surface area (Å²) in [5.41, 5.74) is 1.93. The molecule has 0 radical (unpaired) electrons. The van der Waals surface area contributed by atoms with Crippen LogP contribution in [0.3, 0.4) is 0 Å². The van der Waals surface area contributed by atoms with Crippen molar-refractivity contribution >= 4 is 5.95 Å². The minimum Gasteiger partial charge on any atom is -0.394 e. The topological polar surface area (TPSA) is 69.5 Å². The molecule has 1 aromatic heterocycles. The third-order valence-electron chi connectivity index (χ3n) is 3.73. The first-order valence-electron chi connectivity index (χ1n) is 6.92. The predicted octanol–water partition coefficient (Wildman–Crippen LogP) is 1.23. The lowest BCUT2D eigenvalue weighted by Crippen LogP contribution is -2.41. The van der Waals surface area contributed by atoms with Crippen molar-refractivity contribution < 1.29 is 10.2 Å². The van der Waals surface area contributed by atoms with Gasteiger partial charge >= 0.3 is 0 Å². The van der Waals surface area contributed by atoms with Gasteiger partial charge in [0.2, 0.25) is 5.95 Å². The average Bonchev–Trinajstić information content (AvgIpc) is 2.80. The minimum atomic E-state index is 0.0129. The Morgan fingerprint density at radius 2 is 1.79 bits per heavy atom. The molecule has 1 fully saturated rings. The van der Waals surface area contributed by atoms with Crippen molar-refractivity contribution in [2.75, 3.05) is 18.1 Å². The third kappa shape index (κ3) is 2.87. The van der Waals surface area contributed by atoms with Crippen molar-refractivity contribution in [3.63, 3.8) is 0 Å². The highest BCUT2D eigenvalue weighted by Gasteiger charge is 2.34. The van der Waals surface area contributed by atoms with Crippen LogP contribution in [0.5, 0.6) is 0 Å². The summed E-state index contributed by atoms with van der Waals surface area (Å²) in [5, 5.41) is 19.0. The summed E-state index contributed by atoms with van der Waals surface area (Å²) in [4.78, 5) is 11.1. The van der Waals surface area contributed by atoms with Gasteiger partial charge in [0.05, 0.1) is 25.3 Å². The summed E-state index contributed by atoms with van der Waals surface area (Å²) >= 11 is 0. The first-order valence-corrected chi connectivity index (χ1v) is 6.92. The van der Waals surface area contributed by atoms with E-state index in [2.05, 4.69) is 23.8 Å². The maximum atomic E-state index is 9.48. The standard InChI is InChI=1S/C14H23N3O2/c1-9(2)13-6-10(3)15-14(16-13)17-11(7-18)4-5-12(17)8-19/h6,9,11-12,18-19H,4-5,7-8H2,1-3H3. The lowest BCUT2D eigenvalue weighted by atomic mass is 10.1. The van der Waals surface area contributed by atoms with E-state index in [1.165, 1.54) is 0 Å². The van der Waals surface area contributed by atoms with E-state index < -0.39 is 0 Å². The van der Waals surface area contributed by atoms with Gasteiger partial charge in [-0.25, -0.2) is 9.97 Å². The van der Waals surface area contributed by atoms with Crippen LogP contribution in [0, 0.1) is 6.92 Å². The summed E-state index contributed by atoms with van der Waals surface area (Å²) in [6.45, 7) is 6.30. The molecule has 5 heteroatoms. The van der Waals surface area contributed by atoms with Crippen molar-refractivity contribution in [1.82, 2.24) is 9.97 Å². The van der Waals surface area contributed by atoms with Gasteiger partial charge < -0.3 is 15.1 Å². The fourth-order valence-electron chi connectivity index (χ4n) is 2.63. The number of nitrogens with zero attached hydrogens (tertiary/aromatic N) is 3. The average molecular weight is 265 g/mol. The molecule has 0 saturated carbocycles. The van der Waals surface area contributed by atoms with E-state index in [9.17, 15) is 10.2 Å². The highest BCUT2D eigenvalue weighted by Crippen LogP contribution is 2.29. The van der Waals surface area contributed by atoms with Gasteiger partial charge in [-0.1, -0.05) is 13.8 Å². The van der Waals surface area contributed by atoms with Crippen molar-refractivity contribution in [3.05, 3.63) is 17.5 Å². The second-order valence-corrected chi connectivity index (χ2v) is 5.55. The van der Waals surface area contributed by atoms with Crippen molar-refractivity contribution in [2.24, 2.45) is 0 Å². The molecule has 19 heavy (non-hydrogen) atoms. The SMILES string of the molecule is Cc1cc(C(C)C)nc(N2C(CO)CCC2CO)n1. The molecule has 5 nitrogen and oxygen atoms in total. The van der Waals surface area contributed by atoms with Crippen LogP contribution >= 0.6 is 0 Å². The fourth-order valence-corrected chi connectivity index (χ4v) is 2.63. The molecule has 1 aliphatic rings. The zero-order chi connectivity index (χ0) is 14.0. The van der Waals surface area contributed by atoms with Gasteiger partial charge in [-0.15, -0.1) is 0 Å². The van der Waals surface area contributed by atoms with Gasteiger partial charge in [-0.3, -0.25) is 0 Å². The minimum absolute atomic E-state index is 0.0129. The molecule has 0 bridgehead atoms. The second kappa shape index (κ2) is 5.84. The van der Waals surface area contributed by atoms with Crippen LogP contribution in [0.2, 0.25) is 0 Å². The molecule has 1 aromatic rings. The molecule has 2 N–H and O–H groups in total. The molecule has 0 aromatic carbocycles. The molecule has 1 aliphatic heterocycles. The Balaban J connectivity index is 2.38. The summed E-state index contributed by atoms with van der Waals surface area (Å²) in [7, 11) is 0. The molecular formula is C14H23N3O2. The van der Waals surface area contributed by atoms with E-state index in [0.29, 0.717) is 11.9 Å². The van der Waals surface area contributed by atoms with Crippen molar-refractivity contribution in [1.29, 1.82) is 0 Å². The number of aliphatic hydroxyl groups excluding tert-OH is 2. The normalized spacial score (nSPS) is 23.4. The van der Waals surface area contributed by atoms with Gasteiger partial charge in [0.15, 0.2) is 0 Å². The molecule has 0 spiro atoms. The van der Waals surface area contributed by atoms with Gasteiger partial charge in [0.1, 0.15) is 0 Å². The molecule has 106 valence electrons. The van der Waals surface area contributed by atoms with Gasteiger partial charge in [0.25, 0.3) is 0 Å². The number of hydrogen-bond acceptors (Lipinski definition) is 5. The van der Waals surface area contributed by atoms with Crippen LogP contribution in [0.15, 0.2) is 6.07 Å². The van der Waals surface area contributed by atoms with Crippen LogP contribution in [-0.4, -0.2) is 45.5 Å². The monoisotopic (exact) mass is 265 g/mol. The third-order valence-corrected chi connectivity index (χ3v) is 3.73.